The van der Waals surface area contributed by atoms with Crippen LogP contribution in [0.4, 0.5) is 0 Å². The lowest BCUT2D eigenvalue weighted by atomic mass is 9.75. The van der Waals surface area contributed by atoms with E-state index in [0.717, 1.165) is 51.7 Å². The number of hydrogen-bond acceptors (Lipinski definition) is 2. The fraction of sp³-hybridized carbons (Fsp3) is 0.786. The van der Waals surface area contributed by atoms with Crippen LogP contribution in [0.3, 0.4) is 0 Å². The highest BCUT2D eigenvalue weighted by atomic mass is 16.4. The quantitative estimate of drug-likeness (QED) is 0.724. The van der Waals surface area contributed by atoms with Gasteiger partial charge in [0.2, 0.25) is 0 Å². The number of piperidine rings is 1. The number of carbonyl (C=O) groups is 1. The summed E-state index contributed by atoms with van der Waals surface area (Å²) in [7, 11) is 0. The topological polar surface area (TPSA) is 40.5 Å². The number of nitrogens with zero attached hydrogens (tertiary/aromatic N) is 1. The minimum atomic E-state index is -0.603. The molecule has 1 heterocycles. The van der Waals surface area contributed by atoms with Crippen LogP contribution in [0.2, 0.25) is 0 Å². The Hall–Kier alpha value is -0.830. The molecule has 0 bridgehead atoms. The largest absolute Gasteiger partial charge is 0.481 e. The lowest BCUT2D eigenvalue weighted by molar-refractivity contribution is -0.152. The maximum Gasteiger partial charge on any atom is 0.309 e. The first-order chi connectivity index (χ1) is 8.04. The summed E-state index contributed by atoms with van der Waals surface area (Å²) in [5, 5.41) is 9.40. The summed E-state index contributed by atoms with van der Waals surface area (Å²) in [6, 6.07) is 0. The van der Waals surface area contributed by atoms with Gasteiger partial charge in [-0.05, 0) is 38.8 Å². The second kappa shape index (κ2) is 6.20. The monoisotopic (exact) mass is 239 g/mol. The van der Waals surface area contributed by atoms with Crippen molar-refractivity contribution in [2.45, 2.75) is 46.0 Å². The normalized spacial score (nSPS) is 20.1. The van der Waals surface area contributed by atoms with Crippen LogP contribution in [-0.4, -0.2) is 35.6 Å². The van der Waals surface area contributed by atoms with Gasteiger partial charge in [-0.25, -0.2) is 0 Å². The van der Waals surface area contributed by atoms with E-state index in [1.807, 2.05) is 0 Å². The third-order valence-corrected chi connectivity index (χ3v) is 3.94. The zero-order valence-corrected chi connectivity index (χ0v) is 11.2. The van der Waals surface area contributed by atoms with Gasteiger partial charge in [0, 0.05) is 6.54 Å². The van der Waals surface area contributed by atoms with Gasteiger partial charge in [-0.3, -0.25) is 9.69 Å². The molecule has 1 aliphatic heterocycles. The van der Waals surface area contributed by atoms with E-state index in [-0.39, 0.29) is 0 Å². The SMILES string of the molecule is C=C(CC)CN1CCC(CCC)(C(=O)O)CC1. The second-order valence-corrected chi connectivity index (χ2v) is 5.22. The third-order valence-electron chi connectivity index (χ3n) is 3.94. The van der Waals surface area contributed by atoms with Gasteiger partial charge in [0.25, 0.3) is 0 Å². The molecule has 3 nitrogen and oxygen atoms in total. The average Bonchev–Trinajstić information content (AvgIpc) is 2.31. The van der Waals surface area contributed by atoms with Crippen molar-refractivity contribution in [3.8, 4) is 0 Å². The fourth-order valence-electron chi connectivity index (χ4n) is 2.62. The number of rotatable bonds is 6. The van der Waals surface area contributed by atoms with E-state index in [2.05, 4.69) is 25.3 Å². The summed E-state index contributed by atoms with van der Waals surface area (Å²) in [5.41, 5.74) is 0.780. The summed E-state index contributed by atoms with van der Waals surface area (Å²) in [4.78, 5) is 13.8. The molecule has 17 heavy (non-hydrogen) atoms. The summed E-state index contributed by atoms with van der Waals surface area (Å²) >= 11 is 0. The molecule has 0 saturated carbocycles. The third kappa shape index (κ3) is 3.56. The number of likely N-dealkylation sites (tertiary alicyclic amines) is 1. The van der Waals surface area contributed by atoms with Crippen LogP contribution in [0.15, 0.2) is 12.2 Å². The first-order valence-electron chi connectivity index (χ1n) is 6.66. The average molecular weight is 239 g/mol. The van der Waals surface area contributed by atoms with Gasteiger partial charge >= 0.3 is 5.97 Å². The molecule has 0 unspecified atom stereocenters. The number of carboxylic acids is 1. The molecule has 3 heteroatoms. The van der Waals surface area contributed by atoms with Crippen LogP contribution in [0.25, 0.3) is 0 Å². The van der Waals surface area contributed by atoms with E-state index in [4.69, 9.17) is 0 Å². The molecule has 98 valence electrons. The van der Waals surface area contributed by atoms with Crippen LogP contribution in [0.5, 0.6) is 0 Å². The Morgan fingerprint density at radius 2 is 1.94 bits per heavy atom. The van der Waals surface area contributed by atoms with Crippen molar-refractivity contribution in [1.29, 1.82) is 0 Å². The smallest absolute Gasteiger partial charge is 0.309 e. The maximum atomic E-state index is 11.4. The molecular formula is C14H25NO2. The van der Waals surface area contributed by atoms with Gasteiger partial charge in [0.05, 0.1) is 5.41 Å². The van der Waals surface area contributed by atoms with E-state index < -0.39 is 11.4 Å². The van der Waals surface area contributed by atoms with Crippen LogP contribution in [-0.2, 0) is 4.79 Å². The van der Waals surface area contributed by atoms with Crippen LogP contribution in [0.1, 0.15) is 46.0 Å². The van der Waals surface area contributed by atoms with Crippen LogP contribution in [0, 0.1) is 5.41 Å². The minimum absolute atomic E-state index is 0.460. The molecule has 0 atom stereocenters. The predicted octanol–water partition coefficient (Wildman–Crippen LogP) is 2.92. The Balaban J connectivity index is 2.52. The maximum absolute atomic E-state index is 11.4. The lowest BCUT2D eigenvalue weighted by Gasteiger charge is -2.39. The molecule has 0 aromatic carbocycles. The molecule has 0 aromatic heterocycles. The first-order valence-corrected chi connectivity index (χ1v) is 6.66. The number of carboxylic acid groups (broad SMARTS) is 1. The van der Waals surface area contributed by atoms with Crippen molar-refractivity contribution in [3.63, 3.8) is 0 Å². The molecule has 1 aliphatic rings. The molecule has 1 saturated heterocycles. The molecule has 0 radical (unpaired) electrons. The Morgan fingerprint density at radius 3 is 2.35 bits per heavy atom. The fourth-order valence-corrected chi connectivity index (χ4v) is 2.62. The van der Waals surface area contributed by atoms with Gasteiger partial charge in [-0.1, -0.05) is 32.4 Å². The van der Waals surface area contributed by atoms with Crippen molar-refractivity contribution in [2.24, 2.45) is 5.41 Å². The molecule has 0 amide bonds. The molecule has 0 aliphatic carbocycles. The summed E-state index contributed by atoms with van der Waals surface area (Å²) in [6.45, 7) is 10.9. The van der Waals surface area contributed by atoms with E-state index in [1.165, 1.54) is 5.57 Å². The predicted molar refractivity (Wildman–Crippen MR) is 70.1 cm³/mol. The highest BCUT2D eigenvalue weighted by Crippen LogP contribution is 2.36. The zero-order valence-electron chi connectivity index (χ0n) is 11.2. The Morgan fingerprint density at radius 1 is 1.35 bits per heavy atom. The minimum Gasteiger partial charge on any atom is -0.481 e. The van der Waals surface area contributed by atoms with Crippen LogP contribution < -0.4 is 0 Å². The first kappa shape index (κ1) is 14.2. The Labute approximate surface area is 105 Å². The lowest BCUT2D eigenvalue weighted by Crippen LogP contribution is -2.44. The van der Waals surface area contributed by atoms with Gasteiger partial charge in [0.1, 0.15) is 0 Å². The number of aliphatic carboxylic acids is 1. The van der Waals surface area contributed by atoms with Crippen molar-refractivity contribution < 1.29 is 9.90 Å². The highest BCUT2D eigenvalue weighted by Gasteiger charge is 2.40. The van der Waals surface area contributed by atoms with E-state index >= 15 is 0 Å². The molecule has 0 spiro atoms. The van der Waals surface area contributed by atoms with E-state index in [1.54, 1.807) is 0 Å². The molecule has 1 N–H and O–H groups in total. The molecule has 1 fully saturated rings. The van der Waals surface area contributed by atoms with Crippen LogP contribution >= 0.6 is 0 Å². The van der Waals surface area contributed by atoms with Crippen molar-refractivity contribution in [2.75, 3.05) is 19.6 Å². The van der Waals surface area contributed by atoms with Gasteiger partial charge in [0.15, 0.2) is 0 Å². The molecule has 0 aromatic rings. The van der Waals surface area contributed by atoms with Gasteiger partial charge in [-0.2, -0.15) is 0 Å². The van der Waals surface area contributed by atoms with E-state index in [9.17, 15) is 9.90 Å². The summed E-state index contributed by atoms with van der Waals surface area (Å²) in [6.07, 6.45) is 4.34. The van der Waals surface area contributed by atoms with Crippen molar-refractivity contribution in [3.05, 3.63) is 12.2 Å². The van der Waals surface area contributed by atoms with Crippen molar-refractivity contribution >= 4 is 5.97 Å². The molecular weight excluding hydrogens is 214 g/mol. The van der Waals surface area contributed by atoms with Crippen molar-refractivity contribution in [1.82, 2.24) is 4.90 Å². The number of hydrogen-bond donors (Lipinski definition) is 1. The second-order valence-electron chi connectivity index (χ2n) is 5.22. The van der Waals surface area contributed by atoms with Gasteiger partial charge < -0.3 is 5.11 Å². The highest BCUT2D eigenvalue weighted by molar-refractivity contribution is 5.74. The zero-order chi connectivity index (χ0) is 12.9. The van der Waals surface area contributed by atoms with Gasteiger partial charge in [-0.15, -0.1) is 0 Å². The Kier molecular flexibility index (Phi) is 5.19. The standard InChI is InChI=1S/C14H25NO2/c1-4-6-14(13(16)17)7-9-15(10-8-14)11-12(3)5-2/h3-11H2,1-2H3,(H,16,17). The summed E-state index contributed by atoms with van der Waals surface area (Å²) < 4.78 is 0. The Bertz CT molecular complexity index is 278. The van der Waals surface area contributed by atoms with E-state index in [0.29, 0.717) is 0 Å². The summed E-state index contributed by atoms with van der Waals surface area (Å²) in [5.74, 6) is -0.603. The molecule has 1 rings (SSSR count).